The summed E-state index contributed by atoms with van der Waals surface area (Å²) in [5, 5.41) is 2.29. The number of carbonyl (C=O) groups is 1. The van der Waals surface area contributed by atoms with E-state index in [4.69, 9.17) is 4.74 Å². The van der Waals surface area contributed by atoms with E-state index in [0.717, 1.165) is 10.8 Å². The van der Waals surface area contributed by atoms with Gasteiger partial charge in [0.25, 0.3) is 5.56 Å². The molecule has 1 heterocycles. The third-order valence-corrected chi connectivity index (χ3v) is 4.24. The van der Waals surface area contributed by atoms with Gasteiger partial charge in [-0.1, -0.05) is 48.5 Å². The van der Waals surface area contributed by atoms with Crippen LogP contribution in [0.15, 0.2) is 71.5 Å². The van der Waals surface area contributed by atoms with Crippen LogP contribution in [-0.4, -0.2) is 22.1 Å². The number of nitrogens with zero attached hydrogens (tertiary/aromatic N) is 2. The summed E-state index contributed by atoms with van der Waals surface area (Å²) in [7, 11) is 0. The van der Waals surface area contributed by atoms with Gasteiger partial charge in [0.1, 0.15) is 0 Å². The van der Waals surface area contributed by atoms with Crippen LogP contribution in [0.3, 0.4) is 0 Å². The first-order valence-corrected chi connectivity index (χ1v) is 8.37. The second-order valence-electron chi connectivity index (χ2n) is 5.81. The Balaban J connectivity index is 2.13. The van der Waals surface area contributed by atoms with Gasteiger partial charge >= 0.3 is 5.97 Å². The van der Waals surface area contributed by atoms with Crippen LogP contribution >= 0.6 is 0 Å². The zero-order valence-corrected chi connectivity index (χ0v) is 14.2. The first-order chi connectivity index (χ1) is 12.7. The Labute approximate surface area is 149 Å². The fourth-order valence-electron chi connectivity index (χ4n) is 3.09. The lowest BCUT2D eigenvalue weighted by molar-refractivity contribution is 0.0508. The number of carbonyl (C=O) groups excluding carboxylic acids is 1. The van der Waals surface area contributed by atoms with Crippen molar-refractivity contribution in [3.63, 3.8) is 0 Å². The van der Waals surface area contributed by atoms with Crippen molar-refractivity contribution in [2.24, 2.45) is 0 Å². The van der Waals surface area contributed by atoms with E-state index < -0.39 is 5.97 Å². The lowest BCUT2D eigenvalue weighted by Crippen LogP contribution is -2.27. The summed E-state index contributed by atoms with van der Waals surface area (Å²) in [6.07, 6.45) is 0. The van der Waals surface area contributed by atoms with E-state index >= 15 is 0 Å². The summed E-state index contributed by atoms with van der Waals surface area (Å²) in [4.78, 5) is 30.2. The zero-order valence-electron chi connectivity index (χ0n) is 14.2. The number of hydrogen-bond donors (Lipinski definition) is 0. The molecule has 0 N–H and O–H groups in total. The highest BCUT2D eigenvalue weighted by molar-refractivity contribution is 5.94. The molecule has 1 aromatic heterocycles. The normalized spacial score (nSPS) is 11.0. The van der Waals surface area contributed by atoms with Gasteiger partial charge in [-0.3, -0.25) is 9.36 Å². The monoisotopic (exact) mass is 344 g/mol. The molecule has 0 spiro atoms. The molecule has 0 atom stereocenters. The van der Waals surface area contributed by atoms with E-state index in [2.05, 4.69) is 4.98 Å². The third-order valence-electron chi connectivity index (χ3n) is 4.24. The molecule has 0 aliphatic carbocycles. The van der Waals surface area contributed by atoms with Gasteiger partial charge in [-0.15, -0.1) is 0 Å². The molecule has 5 heteroatoms. The van der Waals surface area contributed by atoms with Gasteiger partial charge in [-0.2, -0.15) is 0 Å². The summed E-state index contributed by atoms with van der Waals surface area (Å²) in [5.41, 5.74) is 0.779. The Morgan fingerprint density at radius 2 is 1.65 bits per heavy atom. The molecule has 0 aliphatic heterocycles. The second-order valence-corrected chi connectivity index (χ2v) is 5.81. The van der Waals surface area contributed by atoms with Gasteiger partial charge in [0.2, 0.25) is 5.82 Å². The summed E-state index contributed by atoms with van der Waals surface area (Å²) < 4.78 is 6.49. The number of para-hydroxylation sites is 1. The van der Waals surface area contributed by atoms with Crippen LogP contribution in [0.1, 0.15) is 17.5 Å². The van der Waals surface area contributed by atoms with Crippen molar-refractivity contribution in [2.75, 3.05) is 6.61 Å². The lowest BCUT2D eigenvalue weighted by Gasteiger charge is -2.14. The van der Waals surface area contributed by atoms with E-state index in [-0.39, 0.29) is 18.0 Å². The minimum atomic E-state index is -0.622. The molecule has 5 nitrogen and oxygen atoms in total. The maximum atomic E-state index is 13.2. The van der Waals surface area contributed by atoms with Gasteiger partial charge in [0, 0.05) is 5.39 Å². The largest absolute Gasteiger partial charge is 0.460 e. The fraction of sp³-hybridized carbons (Fsp3) is 0.0952. The maximum Gasteiger partial charge on any atom is 0.375 e. The van der Waals surface area contributed by atoms with Crippen LogP contribution in [-0.2, 0) is 4.74 Å². The quantitative estimate of drug-likeness (QED) is 0.532. The molecule has 128 valence electrons. The Bertz CT molecular complexity index is 1190. The molecule has 0 radical (unpaired) electrons. The molecule has 4 aromatic rings. The van der Waals surface area contributed by atoms with E-state index in [9.17, 15) is 9.59 Å². The van der Waals surface area contributed by atoms with Crippen LogP contribution in [0, 0.1) is 0 Å². The third kappa shape index (κ3) is 2.54. The van der Waals surface area contributed by atoms with Gasteiger partial charge in [0.05, 0.1) is 23.2 Å². The number of esters is 1. The van der Waals surface area contributed by atoms with E-state index in [0.29, 0.717) is 16.6 Å². The SMILES string of the molecule is CCOC(=O)c1nc2ccccc2c(=O)n1-c1cccc2ccccc12. The van der Waals surface area contributed by atoms with Crippen molar-refractivity contribution < 1.29 is 9.53 Å². The molecule has 4 rings (SSSR count). The predicted octanol–water partition coefficient (Wildman–Crippen LogP) is 3.72. The van der Waals surface area contributed by atoms with Crippen molar-refractivity contribution in [3.8, 4) is 5.69 Å². The van der Waals surface area contributed by atoms with Crippen LogP contribution in [0.25, 0.3) is 27.4 Å². The summed E-state index contributed by atoms with van der Waals surface area (Å²) in [5.74, 6) is -0.643. The zero-order chi connectivity index (χ0) is 18.1. The van der Waals surface area contributed by atoms with Gasteiger partial charge in [-0.05, 0) is 30.5 Å². The Hall–Kier alpha value is -3.47. The van der Waals surface area contributed by atoms with Crippen LogP contribution < -0.4 is 5.56 Å². The molecular weight excluding hydrogens is 328 g/mol. The molecule has 0 fully saturated rings. The number of aromatic nitrogens is 2. The standard InChI is InChI=1S/C21H16N2O3/c1-2-26-21(25)19-22-17-12-6-5-11-16(17)20(24)23(19)18-13-7-9-14-8-3-4-10-15(14)18/h3-13H,2H2,1H3. The predicted molar refractivity (Wildman–Crippen MR) is 101 cm³/mol. The van der Waals surface area contributed by atoms with Crippen molar-refractivity contribution >= 4 is 27.6 Å². The number of rotatable bonds is 3. The van der Waals surface area contributed by atoms with Gasteiger partial charge in [-0.25, -0.2) is 9.78 Å². The molecule has 0 aliphatic rings. The molecule has 0 saturated heterocycles. The highest BCUT2D eigenvalue weighted by Crippen LogP contribution is 2.23. The van der Waals surface area contributed by atoms with Crippen LogP contribution in [0.4, 0.5) is 0 Å². The lowest BCUT2D eigenvalue weighted by atomic mass is 10.1. The minimum absolute atomic E-state index is 0.0214. The van der Waals surface area contributed by atoms with Crippen molar-refractivity contribution in [1.29, 1.82) is 0 Å². The van der Waals surface area contributed by atoms with Crippen LogP contribution in [0.5, 0.6) is 0 Å². The Kier molecular flexibility index (Phi) is 3.97. The van der Waals surface area contributed by atoms with Crippen LogP contribution in [0.2, 0.25) is 0 Å². The summed E-state index contributed by atoms with van der Waals surface area (Å²) in [6, 6.07) is 20.3. The molecule has 26 heavy (non-hydrogen) atoms. The summed E-state index contributed by atoms with van der Waals surface area (Å²) in [6.45, 7) is 1.93. The molecule has 0 unspecified atom stereocenters. The average molecular weight is 344 g/mol. The van der Waals surface area contributed by atoms with Gasteiger partial charge < -0.3 is 4.74 Å². The maximum absolute atomic E-state index is 13.2. The van der Waals surface area contributed by atoms with Crippen molar-refractivity contribution in [2.45, 2.75) is 6.92 Å². The van der Waals surface area contributed by atoms with E-state index in [1.807, 2.05) is 42.5 Å². The fourth-order valence-corrected chi connectivity index (χ4v) is 3.09. The van der Waals surface area contributed by atoms with Crippen molar-refractivity contribution in [1.82, 2.24) is 9.55 Å². The number of hydrogen-bond acceptors (Lipinski definition) is 4. The highest BCUT2D eigenvalue weighted by atomic mass is 16.5. The Morgan fingerprint density at radius 3 is 2.46 bits per heavy atom. The average Bonchev–Trinajstić information content (AvgIpc) is 2.68. The van der Waals surface area contributed by atoms with Crippen molar-refractivity contribution in [3.05, 3.63) is 82.9 Å². The number of benzene rings is 3. The minimum Gasteiger partial charge on any atom is -0.460 e. The smallest absolute Gasteiger partial charge is 0.375 e. The second kappa shape index (κ2) is 6.44. The first kappa shape index (κ1) is 16.0. The van der Waals surface area contributed by atoms with Gasteiger partial charge in [0.15, 0.2) is 0 Å². The first-order valence-electron chi connectivity index (χ1n) is 8.37. The molecule has 0 bridgehead atoms. The van der Waals surface area contributed by atoms with E-state index in [1.54, 1.807) is 31.2 Å². The summed E-state index contributed by atoms with van der Waals surface area (Å²) >= 11 is 0. The highest BCUT2D eigenvalue weighted by Gasteiger charge is 2.20. The number of ether oxygens (including phenoxy) is 1. The molecule has 0 saturated carbocycles. The Morgan fingerprint density at radius 1 is 0.962 bits per heavy atom. The molecular formula is C21H16N2O3. The molecule has 0 amide bonds. The number of fused-ring (bicyclic) bond motifs is 2. The topological polar surface area (TPSA) is 61.2 Å². The van der Waals surface area contributed by atoms with E-state index in [1.165, 1.54) is 4.57 Å². The molecule has 3 aromatic carbocycles.